The number of para-hydroxylation sites is 2. The summed E-state index contributed by atoms with van der Waals surface area (Å²) in [5, 5.41) is 0. The van der Waals surface area contributed by atoms with E-state index in [9.17, 15) is 0 Å². The van der Waals surface area contributed by atoms with Crippen LogP contribution in [0.5, 0.6) is 0 Å². The highest BCUT2D eigenvalue weighted by Crippen LogP contribution is 2.38. The van der Waals surface area contributed by atoms with Crippen LogP contribution in [0, 0.1) is 31.3 Å². The van der Waals surface area contributed by atoms with Crippen LogP contribution in [0.1, 0.15) is 40.3 Å². The molecular formula is C53H61IN4OS3. The average molecular weight is 993 g/mol. The monoisotopic (exact) mass is 992 g/mol. The van der Waals surface area contributed by atoms with Gasteiger partial charge in [-0.2, -0.15) is 0 Å². The standard InChI is InChI=1S/C25H28N2S.C20H24N2OS2.C8H9I/c1-20-12-13-24(21(2)18-20)28-25-11-7-6-10-23(25)27-16-14-26(15-17-27)19-22-8-4-3-5-9-22;1-2-23-20(24)25-19-11-7-6-10-18(19)22-14-12-21(13-15-22)16-17-8-4-3-5-9-17;1-6-3-4-8(9)7(2)5-6/h3-13,18H,14-17,19H2,1-2H3;3-11H,2,12-16H2,1H3;3-5H,1-2H3. The van der Waals surface area contributed by atoms with E-state index in [1.54, 1.807) is 11.8 Å². The fourth-order valence-corrected chi connectivity index (χ4v) is 10.2. The predicted octanol–water partition coefficient (Wildman–Crippen LogP) is 13.1. The van der Waals surface area contributed by atoms with E-state index in [0.29, 0.717) is 11.0 Å². The van der Waals surface area contributed by atoms with Crippen molar-refractivity contribution in [2.24, 2.45) is 0 Å². The highest BCUT2D eigenvalue weighted by atomic mass is 127. The maximum atomic E-state index is 5.44. The van der Waals surface area contributed by atoms with Crippen LogP contribution in [0.2, 0.25) is 0 Å². The second-order valence-electron chi connectivity index (χ2n) is 15.8. The SMILES string of the molecule is CCOC(=S)Sc1ccccc1N1CCN(Cc2ccccc2)CC1.Cc1ccc(I)c(C)c1.Cc1ccc(Sc2ccccc2N2CCN(Cc3ccccc3)CC2)c(C)c1. The van der Waals surface area contributed by atoms with E-state index in [-0.39, 0.29) is 0 Å². The van der Waals surface area contributed by atoms with Crippen molar-refractivity contribution in [2.45, 2.75) is 62.4 Å². The molecule has 2 saturated heterocycles. The van der Waals surface area contributed by atoms with E-state index in [2.05, 4.69) is 215 Å². The Balaban J connectivity index is 0.000000173. The summed E-state index contributed by atoms with van der Waals surface area (Å²) >= 11 is 11.1. The van der Waals surface area contributed by atoms with Crippen LogP contribution in [0.4, 0.5) is 11.4 Å². The zero-order valence-electron chi connectivity index (χ0n) is 36.9. The van der Waals surface area contributed by atoms with Crippen molar-refractivity contribution in [3.05, 3.63) is 183 Å². The third-order valence-corrected chi connectivity index (χ3v) is 14.6. The molecule has 0 aromatic heterocycles. The summed E-state index contributed by atoms with van der Waals surface area (Å²) in [5.74, 6) is 0. The first-order valence-electron chi connectivity index (χ1n) is 21.7. The van der Waals surface area contributed by atoms with Gasteiger partial charge in [0.25, 0.3) is 0 Å². The lowest BCUT2D eigenvalue weighted by Crippen LogP contribution is -2.46. The number of thioether (sulfide) groups is 1. The molecule has 0 atom stereocenters. The molecule has 0 N–H and O–H groups in total. The lowest BCUT2D eigenvalue weighted by atomic mass is 10.2. The first-order valence-corrected chi connectivity index (χ1v) is 24.8. The maximum absolute atomic E-state index is 5.44. The van der Waals surface area contributed by atoms with E-state index in [1.165, 1.54) is 63.0 Å². The number of rotatable bonds is 10. The number of aryl methyl sites for hydroxylation is 4. The first-order chi connectivity index (χ1) is 30.1. The smallest absolute Gasteiger partial charge is 0.224 e. The minimum absolute atomic E-state index is 0.595. The Kier molecular flexibility index (Phi) is 19.1. The van der Waals surface area contributed by atoms with Crippen molar-refractivity contribution in [1.29, 1.82) is 0 Å². The molecule has 6 aromatic rings. The minimum atomic E-state index is 0.595. The van der Waals surface area contributed by atoms with Crippen LogP contribution < -0.4 is 9.80 Å². The number of hydrogen-bond acceptors (Lipinski definition) is 8. The highest BCUT2D eigenvalue weighted by Gasteiger charge is 2.21. The number of benzene rings is 6. The third-order valence-electron chi connectivity index (χ3n) is 11.0. The lowest BCUT2D eigenvalue weighted by Gasteiger charge is -2.37. The molecule has 5 nitrogen and oxygen atoms in total. The minimum Gasteiger partial charge on any atom is -0.479 e. The molecule has 0 saturated carbocycles. The predicted molar refractivity (Wildman–Crippen MR) is 280 cm³/mol. The Morgan fingerprint density at radius 3 is 1.47 bits per heavy atom. The highest BCUT2D eigenvalue weighted by molar-refractivity contribution is 14.1. The largest absolute Gasteiger partial charge is 0.479 e. The molecule has 62 heavy (non-hydrogen) atoms. The Hall–Kier alpha value is -3.84. The zero-order valence-corrected chi connectivity index (χ0v) is 41.5. The third kappa shape index (κ3) is 14.9. The van der Waals surface area contributed by atoms with Gasteiger partial charge in [-0.1, -0.05) is 132 Å². The number of anilines is 2. The van der Waals surface area contributed by atoms with Gasteiger partial charge in [0.15, 0.2) is 0 Å². The number of halogens is 1. The molecule has 0 spiro atoms. The van der Waals surface area contributed by atoms with Crippen LogP contribution in [0.3, 0.4) is 0 Å². The Bertz CT molecular complexity index is 2290. The summed E-state index contributed by atoms with van der Waals surface area (Å²) < 4.78 is 7.38. The van der Waals surface area contributed by atoms with Crippen molar-refractivity contribution >= 4 is 74.1 Å². The van der Waals surface area contributed by atoms with Crippen molar-refractivity contribution in [2.75, 3.05) is 68.8 Å². The van der Waals surface area contributed by atoms with Crippen molar-refractivity contribution < 1.29 is 4.74 Å². The van der Waals surface area contributed by atoms with Crippen molar-refractivity contribution in [1.82, 2.24) is 9.80 Å². The zero-order chi connectivity index (χ0) is 43.7. The topological polar surface area (TPSA) is 22.2 Å². The Labute approximate surface area is 399 Å². The van der Waals surface area contributed by atoms with E-state index in [0.717, 1.165) is 65.4 Å². The molecule has 2 heterocycles. The van der Waals surface area contributed by atoms with Gasteiger partial charge in [-0.05, 0) is 140 Å². The molecule has 2 aliphatic heterocycles. The van der Waals surface area contributed by atoms with E-state index < -0.39 is 0 Å². The molecular weight excluding hydrogens is 932 g/mol. The molecule has 2 fully saturated rings. The van der Waals surface area contributed by atoms with Gasteiger partial charge >= 0.3 is 0 Å². The van der Waals surface area contributed by atoms with E-state index in [4.69, 9.17) is 17.0 Å². The van der Waals surface area contributed by atoms with E-state index >= 15 is 0 Å². The van der Waals surface area contributed by atoms with Gasteiger partial charge in [0.2, 0.25) is 4.38 Å². The summed E-state index contributed by atoms with van der Waals surface area (Å²) in [6, 6.07) is 52.0. The van der Waals surface area contributed by atoms with E-state index in [1.807, 2.05) is 18.7 Å². The number of hydrogen-bond donors (Lipinski definition) is 0. The molecule has 0 unspecified atom stereocenters. The van der Waals surface area contributed by atoms with Gasteiger partial charge in [-0.3, -0.25) is 9.80 Å². The fourth-order valence-electron chi connectivity index (χ4n) is 7.65. The number of nitrogens with zero attached hydrogens (tertiary/aromatic N) is 4. The van der Waals surface area contributed by atoms with Crippen LogP contribution in [0.15, 0.2) is 160 Å². The van der Waals surface area contributed by atoms with Crippen LogP contribution in [0.25, 0.3) is 0 Å². The number of thiocarbonyl (C=S) groups is 1. The van der Waals surface area contributed by atoms with Crippen LogP contribution >= 0.6 is 58.3 Å². The lowest BCUT2D eigenvalue weighted by molar-refractivity contribution is 0.249. The maximum Gasteiger partial charge on any atom is 0.224 e. The van der Waals surface area contributed by atoms with Gasteiger partial charge in [0, 0.05) is 83.7 Å². The second kappa shape index (κ2) is 24.9. The summed E-state index contributed by atoms with van der Waals surface area (Å²) in [4.78, 5) is 14.0. The Morgan fingerprint density at radius 2 is 0.984 bits per heavy atom. The van der Waals surface area contributed by atoms with Gasteiger partial charge in [-0.25, -0.2) is 0 Å². The summed E-state index contributed by atoms with van der Waals surface area (Å²) in [6.45, 7) is 21.9. The average Bonchev–Trinajstić information content (AvgIpc) is 3.28. The number of ether oxygens (including phenoxy) is 1. The van der Waals surface area contributed by atoms with Crippen LogP contribution in [-0.2, 0) is 17.8 Å². The van der Waals surface area contributed by atoms with Gasteiger partial charge in [0.05, 0.1) is 18.0 Å². The van der Waals surface area contributed by atoms with Crippen molar-refractivity contribution in [3.63, 3.8) is 0 Å². The molecule has 324 valence electrons. The summed E-state index contributed by atoms with van der Waals surface area (Å²) in [7, 11) is 0. The number of piperazine rings is 2. The quantitative estimate of drug-likeness (QED) is 0.0760. The normalized spacial score (nSPS) is 14.3. The first kappa shape index (κ1) is 47.6. The van der Waals surface area contributed by atoms with Gasteiger partial charge in [-0.15, -0.1) is 0 Å². The molecule has 9 heteroatoms. The second-order valence-corrected chi connectivity index (χ2v) is 19.7. The Morgan fingerprint density at radius 1 is 0.532 bits per heavy atom. The van der Waals surface area contributed by atoms with Crippen molar-refractivity contribution in [3.8, 4) is 0 Å². The molecule has 0 bridgehead atoms. The van der Waals surface area contributed by atoms with Crippen LogP contribution in [-0.4, -0.2) is 73.1 Å². The summed E-state index contributed by atoms with van der Waals surface area (Å²) in [6.07, 6.45) is 0. The van der Waals surface area contributed by atoms with Gasteiger partial charge < -0.3 is 14.5 Å². The molecule has 0 amide bonds. The molecule has 0 radical (unpaired) electrons. The molecule has 8 rings (SSSR count). The van der Waals surface area contributed by atoms with Gasteiger partial charge in [0.1, 0.15) is 0 Å². The molecule has 0 aliphatic carbocycles. The summed E-state index contributed by atoms with van der Waals surface area (Å²) in [5.41, 5.74) is 10.8. The molecule has 6 aromatic carbocycles. The fraction of sp³-hybridized carbons (Fsp3) is 0.302. The molecule has 2 aliphatic rings.